The molecule has 2 heterocycles. The number of hydrogen-bond acceptors (Lipinski definition) is 6. The first-order chi connectivity index (χ1) is 11.7. The fourth-order valence-electron chi connectivity index (χ4n) is 1.83. The lowest BCUT2D eigenvalue weighted by molar-refractivity contribution is -0.203. The van der Waals surface area contributed by atoms with Crippen molar-refractivity contribution in [3.8, 4) is 0 Å². The van der Waals surface area contributed by atoms with Gasteiger partial charge in [-0.3, -0.25) is 4.79 Å². The van der Waals surface area contributed by atoms with Crippen molar-refractivity contribution in [1.82, 2.24) is 10.3 Å². The van der Waals surface area contributed by atoms with Gasteiger partial charge in [0.05, 0.1) is 18.4 Å². The van der Waals surface area contributed by atoms with Gasteiger partial charge in [0.25, 0.3) is 5.91 Å². The number of amides is 1. The van der Waals surface area contributed by atoms with E-state index in [1.165, 1.54) is 12.1 Å². The highest BCUT2D eigenvalue weighted by Gasteiger charge is 2.64. The highest BCUT2D eigenvalue weighted by Crippen LogP contribution is 2.33. The van der Waals surface area contributed by atoms with Gasteiger partial charge in [0.2, 0.25) is 0 Å². The Morgan fingerprint density at radius 2 is 2.00 bits per heavy atom. The van der Waals surface area contributed by atoms with Crippen molar-refractivity contribution in [2.45, 2.75) is 11.8 Å². The summed E-state index contributed by atoms with van der Waals surface area (Å²) in [7, 11) is 0.749. The number of esters is 1. The van der Waals surface area contributed by atoms with Crippen LogP contribution in [0.2, 0.25) is 5.02 Å². The Balaban J connectivity index is 2.46. The van der Waals surface area contributed by atoms with Gasteiger partial charge in [-0.1, -0.05) is 11.6 Å². The Kier molecular flexibility index (Phi) is 5.21. The van der Waals surface area contributed by atoms with Crippen molar-refractivity contribution >= 4 is 29.3 Å². The minimum absolute atomic E-state index is 0.167. The Labute approximate surface area is 144 Å². The first-order valence-corrected chi connectivity index (χ1v) is 6.98. The van der Waals surface area contributed by atoms with Crippen LogP contribution in [0.25, 0.3) is 0 Å². The van der Waals surface area contributed by atoms with E-state index in [1.54, 1.807) is 5.32 Å². The maximum Gasteiger partial charge on any atom is 0.441 e. The van der Waals surface area contributed by atoms with Crippen molar-refractivity contribution < 1.29 is 31.9 Å². The third-order valence-corrected chi connectivity index (χ3v) is 3.23. The summed E-state index contributed by atoms with van der Waals surface area (Å²) in [5, 5.41) is 3.60. The molecule has 0 radical (unpaired) electrons. The van der Waals surface area contributed by atoms with E-state index in [0.29, 0.717) is 0 Å². The van der Waals surface area contributed by atoms with Gasteiger partial charge in [-0.05, 0) is 24.3 Å². The molecule has 2 N–H and O–H groups in total. The first kappa shape index (κ1) is 18.6. The zero-order chi connectivity index (χ0) is 18.7. The maximum atomic E-state index is 13.7. The molecule has 0 spiro atoms. The van der Waals surface area contributed by atoms with Crippen molar-refractivity contribution in [3.05, 3.63) is 47.5 Å². The molecule has 0 fully saturated rings. The van der Waals surface area contributed by atoms with Crippen LogP contribution in [0.4, 0.5) is 19.0 Å². The standard InChI is InChI=1S/C14H11ClF3N3O4/c1-24-12(23)13(14(16,17)18,20-10-5-4-8(15)7-19-10)21-11(22)9-3-2-6-25-9/h2-7H,1H3,(H,19,20)(H,21,22)/t13-/m1/s1. The molecule has 1 amide bonds. The lowest BCUT2D eigenvalue weighted by Crippen LogP contribution is -2.69. The lowest BCUT2D eigenvalue weighted by atomic mass is 10.1. The highest BCUT2D eigenvalue weighted by molar-refractivity contribution is 6.30. The zero-order valence-electron chi connectivity index (χ0n) is 12.6. The number of anilines is 1. The number of ether oxygens (including phenoxy) is 1. The third-order valence-electron chi connectivity index (χ3n) is 3.01. The zero-order valence-corrected chi connectivity index (χ0v) is 13.3. The van der Waals surface area contributed by atoms with Crippen molar-refractivity contribution in [2.75, 3.05) is 12.4 Å². The fourth-order valence-corrected chi connectivity index (χ4v) is 1.94. The van der Waals surface area contributed by atoms with E-state index in [2.05, 4.69) is 9.72 Å². The van der Waals surface area contributed by atoms with Crippen molar-refractivity contribution in [1.29, 1.82) is 0 Å². The van der Waals surface area contributed by atoms with Crippen molar-refractivity contribution in [2.24, 2.45) is 0 Å². The lowest BCUT2D eigenvalue weighted by Gasteiger charge is -2.34. The summed E-state index contributed by atoms with van der Waals surface area (Å²) in [6, 6.07) is 4.79. The summed E-state index contributed by atoms with van der Waals surface area (Å²) in [6.07, 6.45) is -3.11. The maximum absolute atomic E-state index is 13.7. The number of halogens is 4. The van der Waals surface area contributed by atoms with Gasteiger partial charge in [-0.2, -0.15) is 13.2 Å². The minimum Gasteiger partial charge on any atom is -0.466 e. The predicted molar refractivity (Wildman–Crippen MR) is 79.8 cm³/mol. The normalized spacial score (nSPS) is 13.6. The van der Waals surface area contributed by atoms with E-state index < -0.39 is 29.5 Å². The number of furan rings is 1. The van der Waals surface area contributed by atoms with Crippen LogP contribution in [-0.2, 0) is 9.53 Å². The number of alkyl halides is 3. The van der Waals surface area contributed by atoms with Crippen LogP contribution in [0.1, 0.15) is 10.6 Å². The molecule has 11 heteroatoms. The first-order valence-electron chi connectivity index (χ1n) is 6.60. The van der Waals surface area contributed by atoms with Gasteiger partial charge in [0.15, 0.2) is 5.76 Å². The van der Waals surface area contributed by atoms with Crippen LogP contribution < -0.4 is 10.6 Å². The molecule has 134 valence electrons. The van der Waals surface area contributed by atoms with E-state index >= 15 is 0 Å². The topological polar surface area (TPSA) is 93.5 Å². The fraction of sp³-hybridized carbons (Fsp3) is 0.214. The monoisotopic (exact) mass is 377 g/mol. The molecule has 0 aromatic carbocycles. The molecular weight excluding hydrogens is 367 g/mol. The average molecular weight is 378 g/mol. The van der Waals surface area contributed by atoms with Crippen LogP contribution in [0.15, 0.2) is 41.1 Å². The van der Waals surface area contributed by atoms with Crippen LogP contribution in [-0.4, -0.2) is 35.8 Å². The Morgan fingerprint density at radius 3 is 2.48 bits per heavy atom. The second-order valence-electron chi connectivity index (χ2n) is 4.66. The number of hydrogen-bond donors (Lipinski definition) is 2. The summed E-state index contributed by atoms with van der Waals surface area (Å²) in [5.74, 6) is -3.87. The van der Waals surface area contributed by atoms with Crippen LogP contribution in [0, 0.1) is 0 Å². The molecule has 0 saturated carbocycles. The molecule has 0 bridgehead atoms. The summed E-state index contributed by atoms with van der Waals surface area (Å²) < 4.78 is 50.1. The van der Waals surface area contributed by atoms with Gasteiger partial charge in [0, 0.05) is 6.20 Å². The largest absolute Gasteiger partial charge is 0.466 e. The highest BCUT2D eigenvalue weighted by atomic mass is 35.5. The van der Waals surface area contributed by atoms with Crippen LogP contribution in [0.5, 0.6) is 0 Å². The molecule has 7 nitrogen and oxygen atoms in total. The number of rotatable bonds is 5. The summed E-state index contributed by atoms with van der Waals surface area (Å²) in [4.78, 5) is 27.6. The smallest absolute Gasteiger partial charge is 0.441 e. The van der Waals surface area contributed by atoms with Gasteiger partial charge in [0.1, 0.15) is 5.82 Å². The number of carbonyl (C=O) groups is 2. The molecule has 0 aliphatic rings. The Hall–Kier alpha value is -2.75. The second-order valence-corrected chi connectivity index (χ2v) is 5.09. The van der Waals surface area contributed by atoms with Gasteiger partial charge in [-0.15, -0.1) is 0 Å². The van der Waals surface area contributed by atoms with Gasteiger partial charge >= 0.3 is 17.8 Å². The van der Waals surface area contributed by atoms with E-state index in [-0.39, 0.29) is 10.8 Å². The molecule has 1 atom stereocenters. The number of pyridine rings is 1. The molecular formula is C14H11ClF3N3O4. The average Bonchev–Trinajstić information content (AvgIpc) is 3.09. The van der Waals surface area contributed by atoms with E-state index in [4.69, 9.17) is 16.0 Å². The van der Waals surface area contributed by atoms with E-state index in [1.807, 2.05) is 5.32 Å². The van der Waals surface area contributed by atoms with Crippen LogP contribution >= 0.6 is 11.6 Å². The SMILES string of the molecule is COC(=O)[C@](NC(=O)c1ccco1)(Nc1ccc(Cl)cn1)C(F)(F)F. The van der Waals surface area contributed by atoms with Crippen molar-refractivity contribution in [3.63, 3.8) is 0 Å². The Morgan fingerprint density at radius 1 is 1.28 bits per heavy atom. The summed E-state index contributed by atoms with van der Waals surface area (Å²) in [5.41, 5.74) is -3.59. The number of nitrogens with one attached hydrogen (secondary N) is 2. The Bertz CT molecular complexity index is 750. The molecule has 25 heavy (non-hydrogen) atoms. The molecule has 0 aliphatic heterocycles. The predicted octanol–water partition coefficient (Wildman–Crippen LogP) is 2.60. The second kappa shape index (κ2) is 7.01. The molecule has 2 aromatic rings. The number of aromatic nitrogens is 1. The van der Waals surface area contributed by atoms with E-state index in [0.717, 1.165) is 31.7 Å². The molecule has 2 rings (SSSR count). The minimum atomic E-state index is -5.27. The number of nitrogens with zero attached hydrogens (tertiary/aromatic N) is 1. The molecule has 2 aromatic heterocycles. The number of methoxy groups -OCH3 is 1. The quantitative estimate of drug-likeness (QED) is 0.614. The van der Waals surface area contributed by atoms with E-state index in [9.17, 15) is 22.8 Å². The number of carbonyl (C=O) groups excluding carboxylic acids is 2. The molecule has 0 saturated heterocycles. The van der Waals surface area contributed by atoms with Gasteiger partial charge < -0.3 is 19.8 Å². The molecule has 0 unspecified atom stereocenters. The van der Waals surface area contributed by atoms with Crippen LogP contribution in [0.3, 0.4) is 0 Å². The summed E-state index contributed by atoms with van der Waals surface area (Å²) >= 11 is 5.63. The third kappa shape index (κ3) is 3.85. The van der Waals surface area contributed by atoms with Gasteiger partial charge in [-0.25, -0.2) is 9.78 Å². The molecule has 0 aliphatic carbocycles. The summed E-state index contributed by atoms with van der Waals surface area (Å²) in [6.45, 7) is 0.